The van der Waals surface area contributed by atoms with Crippen LogP contribution in [0.25, 0.3) is 11.4 Å². The molecule has 1 saturated heterocycles. The van der Waals surface area contributed by atoms with E-state index in [1.165, 1.54) is 0 Å². The van der Waals surface area contributed by atoms with E-state index in [1.54, 1.807) is 31.3 Å². The van der Waals surface area contributed by atoms with Gasteiger partial charge in [0.05, 0.1) is 14.2 Å². The van der Waals surface area contributed by atoms with Crippen LogP contribution < -0.4 is 9.47 Å². The van der Waals surface area contributed by atoms with E-state index in [4.69, 9.17) is 14.0 Å². The summed E-state index contributed by atoms with van der Waals surface area (Å²) in [6.45, 7) is 0.673. The van der Waals surface area contributed by atoms with E-state index in [9.17, 15) is 4.79 Å². The third-order valence-corrected chi connectivity index (χ3v) is 4.90. The van der Waals surface area contributed by atoms with Gasteiger partial charge in [0.25, 0.3) is 5.91 Å². The molecule has 1 amide bonds. The molecule has 1 aliphatic heterocycles. The molecule has 1 atom stereocenters. The van der Waals surface area contributed by atoms with Crippen molar-refractivity contribution in [2.75, 3.05) is 20.8 Å². The number of nitrogens with zero attached hydrogens (tertiary/aromatic N) is 3. The number of methoxy groups -OCH3 is 2. The maximum atomic E-state index is 12.9. The van der Waals surface area contributed by atoms with Crippen molar-refractivity contribution in [1.82, 2.24) is 15.0 Å². The van der Waals surface area contributed by atoms with Crippen molar-refractivity contribution in [2.45, 2.75) is 18.9 Å². The lowest BCUT2D eigenvalue weighted by Crippen LogP contribution is -2.30. The van der Waals surface area contributed by atoms with Gasteiger partial charge in [0.2, 0.25) is 11.7 Å². The molecule has 7 heteroatoms. The molecule has 0 saturated carbocycles. The summed E-state index contributed by atoms with van der Waals surface area (Å²) in [5, 5.41) is 4.11. The summed E-state index contributed by atoms with van der Waals surface area (Å²) in [5.74, 6) is 2.11. The van der Waals surface area contributed by atoms with E-state index in [2.05, 4.69) is 10.1 Å². The van der Waals surface area contributed by atoms with Gasteiger partial charge in [-0.3, -0.25) is 4.79 Å². The summed E-state index contributed by atoms with van der Waals surface area (Å²) in [4.78, 5) is 19.2. The Kier molecular flexibility index (Phi) is 4.97. The number of likely N-dealkylation sites (tertiary alicyclic amines) is 1. The zero-order chi connectivity index (χ0) is 19.5. The average molecular weight is 379 g/mol. The van der Waals surface area contributed by atoms with E-state index >= 15 is 0 Å². The molecule has 2 heterocycles. The Labute approximate surface area is 162 Å². The normalized spacial score (nSPS) is 16.2. The molecule has 1 fully saturated rings. The standard InChI is InChI=1S/C21H21N3O4/c1-26-17-11-10-15(13-18(17)27-2)19-22-20(28-23-19)16-9-6-12-24(16)21(25)14-7-4-3-5-8-14/h3-5,7-8,10-11,13,16H,6,9,12H2,1-2H3/t16-/m1/s1. The highest BCUT2D eigenvalue weighted by atomic mass is 16.5. The summed E-state index contributed by atoms with van der Waals surface area (Å²) in [6.07, 6.45) is 1.70. The molecule has 0 unspecified atom stereocenters. The van der Waals surface area contributed by atoms with Gasteiger partial charge in [0, 0.05) is 17.7 Å². The smallest absolute Gasteiger partial charge is 0.254 e. The number of carbonyl (C=O) groups is 1. The van der Waals surface area contributed by atoms with E-state index in [1.807, 2.05) is 36.4 Å². The fourth-order valence-electron chi connectivity index (χ4n) is 3.48. The number of hydrogen-bond acceptors (Lipinski definition) is 6. The van der Waals surface area contributed by atoms with E-state index < -0.39 is 0 Å². The van der Waals surface area contributed by atoms with Crippen molar-refractivity contribution in [3.05, 3.63) is 60.0 Å². The monoisotopic (exact) mass is 379 g/mol. The van der Waals surface area contributed by atoms with Crippen molar-refractivity contribution in [3.8, 4) is 22.9 Å². The summed E-state index contributed by atoms with van der Waals surface area (Å²) < 4.78 is 16.1. The molecular weight excluding hydrogens is 358 g/mol. The van der Waals surface area contributed by atoms with Gasteiger partial charge in [0.15, 0.2) is 11.5 Å². The van der Waals surface area contributed by atoms with Crippen LogP contribution in [-0.4, -0.2) is 41.7 Å². The first-order chi connectivity index (χ1) is 13.7. The first-order valence-corrected chi connectivity index (χ1v) is 9.13. The predicted molar refractivity (Wildman–Crippen MR) is 102 cm³/mol. The number of ether oxygens (including phenoxy) is 2. The molecule has 28 heavy (non-hydrogen) atoms. The van der Waals surface area contributed by atoms with Gasteiger partial charge in [-0.25, -0.2) is 0 Å². The Hall–Kier alpha value is -3.35. The number of rotatable bonds is 5. The minimum absolute atomic E-state index is 0.0195. The third kappa shape index (κ3) is 3.31. The molecule has 2 aromatic carbocycles. The molecule has 0 aliphatic carbocycles. The fourth-order valence-corrected chi connectivity index (χ4v) is 3.48. The van der Waals surface area contributed by atoms with Crippen LogP contribution >= 0.6 is 0 Å². The van der Waals surface area contributed by atoms with Gasteiger partial charge in [-0.1, -0.05) is 23.4 Å². The summed E-state index contributed by atoms with van der Waals surface area (Å²) in [7, 11) is 3.16. The molecule has 0 spiro atoms. The molecule has 0 radical (unpaired) electrons. The quantitative estimate of drug-likeness (QED) is 0.672. The van der Waals surface area contributed by atoms with Crippen LogP contribution in [0.4, 0.5) is 0 Å². The highest BCUT2D eigenvalue weighted by Gasteiger charge is 2.34. The maximum Gasteiger partial charge on any atom is 0.254 e. The lowest BCUT2D eigenvalue weighted by Gasteiger charge is -2.21. The number of benzene rings is 2. The van der Waals surface area contributed by atoms with E-state index in [0.29, 0.717) is 35.3 Å². The highest BCUT2D eigenvalue weighted by Crippen LogP contribution is 2.35. The van der Waals surface area contributed by atoms with Crippen molar-refractivity contribution in [1.29, 1.82) is 0 Å². The Morgan fingerprint density at radius 2 is 1.89 bits per heavy atom. The van der Waals surface area contributed by atoms with Crippen LogP contribution in [0.15, 0.2) is 53.1 Å². The predicted octanol–water partition coefficient (Wildman–Crippen LogP) is 3.73. The molecule has 7 nitrogen and oxygen atoms in total. The van der Waals surface area contributed by atoms with Gasteiger partial charge in [-0.2, -0.15) is 4.98 Å². The Morgan fingerprint density at radius 3 is 2.64 bits per heavy atom. The zero-order valence-corrected chi connectivity index (χ0v) is 15.8. The summed E-state index contributed by atoms with van der Waals surface area (Å²) >= 11 is 0. The Balaban J connectivity index is 1.59. The van der Waals surface area contributed by atoms with Gasteiger partial charge in [-0.15, -0.1) is 0 Å². The third-order valence-electron chi connectivity index (χ3n) is 4.90. The van der Waals surface area contributed by atoms with Crippen LogP contribution in [-0.2, 0) is 0 Å². The second-order valence-electron chi connectivity index (χ2n) is 6.55. The molecule has 1 aliphatic rings. The van der Waals surface area contributed by atoms with Crippen molar-refractivity contribution in [3.63, 3.8) is 0 Å². The topological polar surface area (TPSA) is 77.7 Å². The molecule has 1 aromatic heterocycles. The lowest BCUT2D eigenvalue weighted by atomic mass is 10.1. The molecule has 4 rings (SSSR count). The second-order valence-corrected chi connectivity index (χ2v) is 6.55. The van der Waals surface area contributed by atoms with Gasteiger partial charge in [-0.05, 0) is 43.2 Å². The lowest BCUT2D eigenvalue weighted by molar-refractivity contribution is 0.0710. The maximum absolute atomic E-state index is 12.9. The van der Waals surface area contributed by atoms with E-state index in [0.717, 1.165) is 18.4 Å². The van der Waals surface area contributed by atoms with Gasteiger partial charge in [0.1, 0.15) is 6.04 Å². The minimum Gasteiger partial charge on any atom is -0.493 e. The average Bonchev–Trinajstić information content (AvgIpc) is 3.42. The number of amides is 1. The second kappa shape index (κ2) is 7.72. The van der Waals surface area contributed by atoms with Gasteiger partial charge < -0.3 is 18.9 Å². The van der Waals surface area contributed by atoms with Crippen LogP contribution in [0.3, 0.4) is 0 Å². The van der Waals surface area contributed by atoms with Crippen molar-refractivity contribution in [2.24, 2.45) is 0 Å². The SMILES string of the molecule is COc1ccc(-c2noc([C@H]3CCCN3C(=O)c3ccccc3)n2)cc1OC. The minimum atomic E-state index is -0.214. The van der Waals surface area contributed by atoms with Gasteiger partial charge >= 0.3 is 0 Å². The van der Waals surface area contributed by atoms with Crippen LogP contribution in [0.5, 0.6) is 11.5 Å². The first kappa shape index (κ1) is 18.0. The molecule has 0 N–H and O–H groups in total. The van der Waals surface area contributed by atoms with Crippen LogP contribution in [0, 0.1) is 0 Å². The zero-order valence-electron chi connectivity index (χ0n) is 15.8. The highest BCUT2D eigenvalue weighted by molar-refractivity contribution is 5.94. The number of aromatic nitrogens is 2. The Morgan fingerprint density at radius 1 is 1.11 bits per heavy atom. The fraction of sp³-hybridized carbons (Fsp3) is 0.286. The van der Waals surface area contributed by atoms with Crippen molar-refractivity contribution >= 4 is 5.91 Å². The molecule has 3 aromatic rings. The molecule has 144 valence electrons. The summed E-state index contributed by atoms with van der Waals surface area (Å²) in [6, 6.07) is 14.5. The van der Waals surface area contributed by atoms with Crippen LogP contribution in [0.1, 0.15) is 35.1 Å². The number of hydrogen-bond donors (Lipinski definition) is 0. The number of carbonyl (C=O) groups excluding carboxylic acids is 1. The van der Waals surface area contributed by atoms with Crippen LogP contribution in [0.2, 0.25) is 0 Å². The summed E-state index contributed by atoms with van der Waals surface area (Å²) in [5.41, 5.74) is 1.42. The van der Waals surface area contributed by atoms with Crippen molar-refractivity contribution < 1.29 is 18.8 Å². The molecular formula is C21H21N3O4. The largest absolute Gasteiger partial charge is 0.493 e. The first-order valence-electron chi connectivity index (χ1n) is 9.13. The Bertz CT molecular complexity index is 971. The van der Waals surface area contributed by atoms with E-state index in [-0.39, 0.29) is 11.9 Å². The molecule has 0 bridgehead atoms.